The van der Waals surface area contributed by atoms with Gasteiger partial charge in [-0.05, 0) is 31.7 Å². The predicted molar refractivity (Wildman–Crippen MR) is 79.6 cm³/mol. The maximum Gasteiger partial charge on any atom is 0.238 e. The van der Waals surface area contributed by atoms with E-state index in [1.807, 2.05) is 31.2 Å². The Labute approximate surface area is 120 Å². The van der Waals surface area contributed by atoms with E-state index < -0.39 is 5.41 Å². The number of aliphatic hydroxyl groups is 2. The van der Waals surface area contributed by atoms with Crippen molar-refractivity contribution >= 4 is 11.6 Å². The molecule has 5 heteroatoms. The van der Waals surface area contributed by atoms with Crippen LogP contribution in [0.1, 0.15) is 12.5 Å². The highest BCUT2D eigenvalue weighted by Gasteiger charge is 2.25. The number of hydrogen-bond acceptors (Lipinski definition) is 4. The lowest BCUT2D eigenvalue weighted by Crippen LogP contribution is -2.41. The van der Waals surface area contributed by atoms with Crippen LogP contribution < -0.4 is 5.32 Å². The first kappa shape index (κ1) is 16.6. The number of carbonyl (C=O) groups excluding carboxylic acids is 1. The van der Waals surface area contributed by atoms with Gasteiger partial charge in [-0.3, -0.25) is 9.69 Å². The van der Waals surface area contributed by atoms with Crippen LogP contribution in [0.15, 0.2) is 24.3 Å². The van der Waals surface area contributed by atoms with Crippen molar-refractivity contribution in [3.8, 4) is 0 Å². The molecule has 112 valence electrons. The predicted octanol–water partition coefficient (Wildman–Crippen LogP) is 0.856. The van der Waals surface area contributed by atoms with E-state index in [2.05, 4.69) is 5.32 Å². The topological polar surface area (TPSA) is 72.8 Å². The molecule has 1 aromatic carbocycles. The SMILES string of the molecule is Cc1cccc(NC(=O)CN(C)CC(C)(CO)CO)c1. The highest BCUT2D eigenvalue weighted by Crippen LogP contribution is 2.15. The number of benzene rings is 1. The van der Waals surface area contributed by atoms with E-state index in [-0.39, 0.29) is 25.7 Å². The van der Waals surface area contributed by atoms with E-state index in [1.165, 1.54) is 0 Å². The summed E-state index contributed by atoms with van der Waals surface area (Å²) < 4.78 is 0. The third-order valence-corrected chi connectivity index (χ3v) is 3.13. The van der Waals surface area contributed by atoms with Crippen LogP contribution in [0.2, 0.25) is 0 Å². The first-order chi connectivity index (χ1) is 9.38. The Bertz CT molecular complexity index is 444. The van der Waals surface area contributed by atoms with Crippen LogP contribution in [0.5, 0.6) is 0 Å². The summed E-state index contributed by atoms with van der Waals surface area (Å²) in [6.45, 7) is 4.17. The number of amides is 1. The van der Waals surface area contributed by atoms with Gasteiger partial charge in [-0.15, -0.1) is 0 Å². The van der Waals surface area contributed by atoms with Gasteiger partial charge in [0.15, 0.2) is 0 Å². The summed E-state index contributed by atoms with van der Waals surface area (Å²) in [6.07, 6.45) is 0. The smallest absolute Gasteiger partial charge is 0.238 e. The van der Waals surface area contributed by atoms with Crippen molar-refractivity contribution in [3.05, 3.63) is 29.8 Å². The van der Waals surface area contributed by atoms with Crippen molar-refractivity contribution in [2.75, 3.05) is 38.7 Å². The Morgan fingerprint density at radius 1 is 1.35 bits per heavy atom. The average Bonchev–Trinajstić information content (AvgIpc) is 2.38. The number of nitrogens with zero attached hydrogens (tertiary/aromatic N) is 1. The second-order valence-electron chi connectivity index (χ2n) is 5.72. The monoisotopic (exact) mass is 280 g/mol. The van der Waals surface area contributed by atoms with Crippen LogP contribution >= 0.6 is 0 Å². The van der Waals surface area contributed by atoms with Crippen molar-refractivity contribution in [2.24, 2.45) is 5.41 Å². The summed E-state index contributed by atoms with van der Waals surface area (Å²) in [6, 6.07) is 7.61. The minimum Gasteiger partial charge on any atom is -0.396 e. The molecule has 1 aromatic rings. The number of anilines is 1. The highest BCUT2D eigenvalue weighted by molar-refractivity contribution is 5.92. The molecule has 0 aromatic heterocycles. The minimum atomic E-state index is -0.599. The Hall–Kier alpha value is -1.43. The molecular weight excluding hydrogens is 256 g/mol. The van der Waals surface area contributed by atoms with E-state index in [1.54, 1.807) is 18.9 Å². The maximum absolute atomic E-state index is 11.9. The van der Waals surface area contributed by atoms with E-state index in [9.17, 15) is 15.0 Å². The number of carbonyl (C=O) groups is 1. The van der Waals surface area contributed by atoms with Gasteiger partial charge in [-0.2, -0.15) is 0 Å². The first-order valence-corrected chi connectivity index (χ1v) is 6.65. The molecule has 20 heavy (non-hydrogen) atoms. The number of rotatable bonds is 7. The van der Waals surface area contributed by atoms with Gasteiger partial charge in [0, 0.05) is 17.6 Å². The number of aryl methyl sites for hydroxylation is 1. The second-order valence-corrected chi connectivity index (χ2v) is 5.72. The minimum absolute atomic E-state index is 0.115. The van der Waals surface area contributed by atoms with Gasteiger partial charge >= 0.3 is 0 Å². The van der Waals surface area contributed by atoms with Crippen molar-refractivity contribution in [1.82, 2.24) is 4.90 Å². The molecule has 0 spiro atoms. The van der Waals surface area contributed by atoms with E-state index in [0.717, 1.165) is 11.3 Å². The molecule has 0 bridgehead atoms. The fourth-order valence-corrected chi connectivity index (χ4v) is 2.03. The summed E-state index contributed by atoms with van der Waals surface area (Å²) >= 11 is 0. The molecule has 3 N–H and O–H groups in total. The quantitative estimate of drug-likeness (QED) is 0.692. The summed E-state index contributed by atoms with van der Waals surface area (Å²) in [4.78, 5) is 13.7. The van der Waals surface area contributed by atoms with Crippen molar-refractivity contribution in [3.63, 3.8) is 0 Å². The molecule has 0 saturated heterocycles. The molecular formula is C15H24N2O3. The third-order valence-electron chi connectivity index (χ3n) is 3.13. The summed E-state index contributed by atoms with van der Waals surface area (Å²) in [7, 11) is 1.79. The van der Waals surface area contributed by atoms with Crippen LogP contribution in [0, 0.1) is 12.3 Å². The Kier molecular flexibility index (Phi) is 6.13. The first-order valence-electron chi connectivity index (χ1n) is 6.65. The molecule has 0 aliphatic heterocycles. The molecule has 1 amide bonds. The number of aliphatic hydroxyl groups excluding tert-OH is 2. The second kappa shape index (κ2) is 7.38. The van der Waals surface area contributed by atoms with Crippen LogP contribution in [0.3, 0.4) is 0 Å². The fraction of sp³-hybridized carbons (Fsp3) is 0.533. The van der Waals surface area contributed by atoms with Gasteiger partial charge < -0.3 is 15.5 Å². The average molecular weight is 280 g/mol. The summed E-state index contributed by atoms with van der Waals surface area (Å²) in [5.74, 6) is -0.115. The largest absolute Gasteiger partial charge is 0.396 e. The van der Waals surface area contributed by atoms with Crippen molar-refractivity contribution < 1.29 is 15.0 Å². The molecule has 0 unspecified atom stereocenters. The van der Waals surface area contributed by atoms with Gasteiger partial charge in [0.25, 0.3) is 0 Å². The lowest BCUT2D eigenvalue weighted by molar-refractivity contribution is -0.117. The Morgan fingerprint density at radius 2 is 2.00 bits per heavy atom. The van der Waals surface area contributed by atoms with E-state index >= 15 is 0 Å². The Balaban J connectivity index is 2.50. The molecule has 1 rings (SSSR count). The molecule has 0 saturated carbocycles. The van der Waals surface area contributed by atoms with Crippen molar-refractivity contribution in [2.45, 2.75) is 13.8 Å². The zero-order chi connectivity index (χ0) is 15.2. The molecule has 0 heterocycles. The van der Waals surface area contributed by atoms with Crippen LogP contribution in [0.4, 0.5) is 5.69 Å². The molecule has 0 radical (unpaired) electrons. The molecule has 0 aliphatic rings. The molecule has 0 atom stereocenters. The lowest BCUT2D eigenvalue weighted by Gasteiger charge is -2.29. The van der Waals surface area contributed by atoms with Gasteiger partial charge in [0.2, 0.25) is 5.91 Å². The van der Waals surface area contributed by atoms with E-state index in [4.69, 9.17) is 0 Å². The van der Waals surface area contributed by atoms with Crippen LogP contribution in [0.25, 0.3) is 0 Å². The lowest BCUT2D eigenvalue weighted by atomic mass is 9.92. The zero-order valence-corrected chi connectivity index (χ0v) is 12.4. The van der Waals surface area contributed by atoms with Crippen LogP contribution in [-0.4, -0.2) is 54.4 Å². The maximum atomic E-state index is 11.9. The standard InChI is InChI=1S/C15H24N2O3/c1-12-5-4-6-13(7-12)16-14(20)8-17(3)9-15(2,10-18)11-19/h4-7,18-19H,8-11H2,1-3H3,(H,16,20). The zero-order valence-electron chi connectivity index (χ0n) is 12.4. The fourth-order valence-electron chi connectivity index (χ4n) is 2.03. The van der Waals surface area contributed by atoms with E-state index in [0.29, 0.717) is 6.54 Å². The number of hydrogen-bond donors (Lipinski definition) is 3. The third kappa shape index (κ3) is 5.28. The normalized spacial score (nSPS) is 11.7. The molecule has 0 fully saturated rings. The summed E-state index contributed by atoms with van der Waals surface area (Å²) in [5.41, 5.74) is 1.26. The van der Waals surface area contributed by atoms with Gasteiger partial charge in [0.1, 0.15) is 0 Å². The molecule has 5 nitrogen and oxygen atoms in total. The van der Waals surface area contributed by atoms with Crippen LogP contribution in [-0.2, 0) is 4.79 Å². The number of likely N-dealkylation sites (N-methyl/N-ethyl adjacent to an activating group) is 1. The van der Waals surface area contributed by atoms with Gasteiger partial charge in [-0.1, -0.05) is 19.1 Å². The number of nitrogens with one attached hydrogen (secondary N) is 1. The highest BCUT2D eigenvalue weighted by atomic mass is 16.3. The van der Waals surface area contributed by atoms with Crippen molar-refractivity contribution in [1.29, 1.82) is 0 Å². The Morgan fingerprint density at radius 3 is 2.55 bits per heavy atom. The summed E-state index contributed by atoms with van der Waals surface area (Å²) in [5, 5.41) is 21.3. The van der Waals surface area contributed by atoms with Gasteiger partial charge in [-0.25, -0.2) is 0 Å². The molecule has 0 aliphatic carbocycles. The van der Waals surface area contributed by atoms with Gasteiger partial charge in [0.05, 0.1) is 19.8 Å².